The molecule has 0 bridgehead atoms. The highest BCUT2D eigenvalue weighted by Crippen LogP contribution is 2.29. The number of hydrogen-bond acceptors (Lipinski definition) is 4. The smallest absolute Gasteiger partial charge is 0.335 e. The zero-order valence-corrected chi connectivity index (χ0v) is 19.9. The molecule has 0 radical (unpaired) electrons. The van der Waals surface area contributed by atoms with E-state index >= 15 is 0 Å². The highest BCUT2D eigenvalue weighted by molar-refractivity contribution is 6.42. The number of aryl methyl sites for hydroxylation is 1. The van der Waals surface area contributed by atoms with Crippen molar-refractivity contribution < 1.29 is 14.6 Å². The molecular formula is C25H30Cl2N2O3. The van der Waals surface area contributed by atoms with E-state index in [1.165, 1.54) is 0 Å². The largest absolute Gasteiger partial charge is 0.490 e. The van der Waals surface area contributed by atoms with Crippen molar-refractivity contribution in [2.45, 2.75) is 38.7 Å². The van der Waals surface area contributed by atoms with E-state index in [0.29, 0.717) is 21.5 Å². The fourth-order valence-electron chi connectivity index (χ4n) is 4.76. The van der Waals surface area contributed by atoms with Gasteiger partial charge >= 0.3 is 5.97 Å². The number of ether oxygens (including phenoxy) is 1. The van der Waals surface area contributed by atoms with E-state index in [-0.39, 0.29) is 6.10 Å². The van der Waals surface area contributed by atoms with Crippen LogP contribution in [0.1, 0.15) is 41.6 Å². The molecule has 5 nitrogen and oxygen atoms in total. The third kappa shape index (κ3) is 5.89. The number of hydrogen-bond donors (Lipinski definition) is 1. The summed E-state index contributed by atoms with van der Waals surface area (Å²) < 4.78 is 6.11. The summed E-state index contributed by atoms with van der Waals surface area (Å²) in [5.41, 5.74) is 2.39. The number of carbonyl (C=O) groups is 1. The van der Waals surface area contributed by atoms with Gasteiger partial charge in [0.2, 0.25) is 0 Å². The molecule has 0 atom stereocenters. The van der Waals surface area contributed by atoms with Crippen molar-refractivity contribution in [3.8, 4) is 5.75 Å². The fraction of sp³-hybridized carbons (Fsp3) is 0.480. The SMILES string of the molecule is Cc1cc(C(=O)O)cc(N2CCC(CN3CCC(Oc4ccc(Cl)c(Cl)c4)CC3)CC2)c1. The second-order valence-corrected chi connectivity index (χ2v) is 9.80. The summed E-state index contributed by atoms with van der Waals surface area (Å²) in [5, 5.41) is 10.4. The Bertz CT molecular complexity index is 952. The van der Waals surface area contributed by atoms with Gasteiger partial charge in [0.1, 0.15) is 11.9 Å². The van der Waals surface area contributed by atoms with Crippen LogP contribution in [0.2, 0.25) is 10.0 Å². The normalized spacial score (nSPS) is 18.7. The van der Waals surface area contributed by atoms with Crippen LogP contribution in [0.5, 0.6) is 5.75 Å². The Labute approximate surface area is 199 Å². The number of anilines is 1. The maximum atomic E-state index is 11.4. The highest BCUT2D eigenvalue weighted by atomic mass is 35.5. The molecule has 2 aliphatic rings. The zero-order valence-electron chi connectivity index (χ0n) is 18.4. The summed E-state index contributed by atoms with van der Waals surface area (Å²) in [6.45, 7) is 7.13. The van der Waals surface area contributed by atoms with Gasteiger partial charge in [-0.1, -0.05) is 23.2 Å². The summed E-state index contributed by atoms with van der Waals surface area (Å²) in [4.78, 5) is 16.3. The van der Waals surface area contributed by atoms with Gasteiger partial charge in [-0.15, -0.1) is 0 Å². The molecule has 0 spiro atoms. The van der Waals surface area contributed by atoms with Gasteiger partial charge in [0, 0.05) is 44.5 Å². The molecule has 1 N–H and O–H groups in total. The van der Waals surface area contributed by atoms with Crippen LogP contribution in [0.15, 0.2) is 36.4 Å². The van der Waals surface area contributed by atoms with E-state index in [0.717, 1.165) is 75.4 Å². The molecule has 2 fully saturated rings. The third-order valence-corrected chi connectivity index (χ3v) is 7.27. The Kier molecular flexibility index (Phi) is 7.49. The standard InChI is InChI=1S/C25H30Cl2N2O3/c1-17-12-19(25(30)31)14-20(13-17)29-10-4-18(5-11-29)16-28-8-6-21(7-9-28)32-22-2-3-23(26)24(27)15-22/h2-3,12-15,18,21H,4-11,16H2,1H3,(H,30,31). The second-order valence-electron chi connectivity index (χ2n) is 8.99. The summed E-state index contributed by atoms with van der Waals surface area (Å²) in [6.07, 6.45) is 4.52. The minimum Gasteiger partial charge on any atom is -0.490 e. The third-order valence-electron chi connectivity index (χ3n) is 6.53. The Hall–Kier alpha value is -1.95. The molecule has 2 aliphatic heterocycles. The molecular weight excluding hydrogens is 447 g/mol. The number of nitrogens with zero attached hydrogens (tertiary/aromatic N) is 2. The molecule has 2 aromatic rings. The summed E-state index contributed by atoms with van der Waals surface area (Å²) in [7, 11) is 0. The van der Waals surface area contributed by atoms with Crippen LogP contribution in [0.4, 0.5) is 5.69 Å². The van der Waals surface area contributed by atoms with Gasteiger partial charge in [-0.3, -0.25) is 0 Å². The molecule has 2 saturated heterocycles. The lowest BCUT2D eigenvalue weighted by Gasteiger charge is -2.38. The predicted octanol–water partition coefficient (Wildman–Crippen LogP) is 5.76. The minimum absolute atomic E-state index is 0.218. The molecule has 0 aromatic heterocycles. The van der Waals surface area contributed by atoms with Crippen molar-refractivity contribution in [3.05, 3.63) is 57.6 Å². The molecule has 32 heavy (non-hydrogen) atoms. The van der Waals surface area contributed by atoms with E-state index in [4.69, 9.17) is 27.9 Å². The van der Waals surface area contributed by atoms with Gasteiger partial charge < -0.3 is 19.6 Å². The molecule has 0 saturated carbocycles. The van der Waals surface area contributed by atoms with Gasteiger partial charge in [-0.05, 0) is 74.4 Å². The van der Waals surface area contributed by atoms with Crippen molar-refractivity contribution >= 4 is 34.9 Å². The fourth-order valence-corrected chi connectivity index (χ4v) is 5.05. The first-order valence-electron chi connectivity index (χ1n) is 11.3. The highest BCUT2D eigenvalue weighted by Gasteiger charge is 2.26. The van der Waals surface area contributed by atoms with Gasteiger partial charge in [0.25, 0.3) is 0 Å². The topological polar surface area (TPSA) is 53.0 Å². The van der Waals surface area contributed by atoms with E-state index in [1.807, 2.05) is 13.0 Å². The van der Waals surface area contributed by atoms with Gasteiger partial charge in [0.05, 0.1) is 15.6 Å². The van der Waals surface area contributed by atoms with E-state index in [9.17, 15) is 9.90 Å². The van der Waals surface area contributed by atoms with Crippen LogP contribution in [0, 0.1) is 12.8 Å². The second kappa shape index (κ2) is 10.3. The van der Waals surface area contributed by atoms with Crippen molar-refractivity contribution in [2.24, 2.45) is 5.92 Å². The van der Waals surface area contributed by atoms with Crippen LogP contribution in [0.3, 0.4) is 0 Å². The molecule has 7 heteroatoms. The molecule has 0 amide bonds. The van der Waals surface area contributed by atoms with Crippen LogP contribution in [-0.2, 0) is 0 Å². The maximum Gasteiger partial charge on any atom is 0.335 e. The zero-order chi connectivity index (χ0) is 22.7. The molecule has 2 heterocycles. The predicted molar refractivity (Wildman–Crippen MR) is 130 cm³/mol. The van der Waals surface area contributed by atoms with Gasteiger partial charge in [0.15, 0.2) is 0 Å². The lowest BCUT2D eigenvalue weighted by atomic mass is 9.94. The quantitative estimate of drug-likeness (QED) is 0.574. The van der Waals surface area contributed by atoms with Gasteiger partial charge in [-0.2, -0.15) is 0 Å². The number of halogens is 2. The van der Waals surface area contributed by atoms with Crippen LogP contribution in [-0.4, -0.2) is 54.8 Å². The van der Waals surface area contributed by atoms with E-state index in [1.54, 1.807) is 24.3 Å². The van der Waals surface area contributed by atoms with E-state index < -0.39 is 5.97 Å². The molecule has 172 valence electrons. The van der Waals surface area contributed by atoms with Crippen molar-refractivity contribution in [1.29, 1.82) is 0 Å². The maximum absolute atomic E-state index is 11.4. The lowest BCUT2D eigenvalue weighted by Crippen LogP contribution is -2.43. The number of benzene rings is 2. The van der Waals surface area contributed by atoms with Gasteiger partial charge in [-0.25, -0.2) is 4.79 Å². The Morgan fingerprint density at radius 2 is 1.72 bits per heavy atom. The van der Waals surface area contributed by atoms with Crippen LogP contribution < -0.4 is 9.64 Å². The molecule has 4 rings (SSSR count). The van der Waals surface area contributed by atoms with Crippen molar-refractivity contribution in [1.82, 2.24) is 4.90 Å². The number of piperidine rings is 2. The number of carboxylic acid groups (broad SMARTS) is 1. The monoisotopic (exact) mass is 476 g/mol. The van der Waals surface area contributed by atoms with Crippen LogP contribution in [0.25, 0.3) is 0 Å². The number of rotatable bonds is 6. The molecule has 2 aromatic carbocycles. The Morgan fingerprint density at radius 3 is 2.38 bits per heavy atom. The Balaban J connectivity index is 1.22. The number of likely N-dealkylation sites (tertiary alicyclic amines) is 1. The first kappa shape index (κ1) is 23.2. The van der Waals surface area contributed by atoms with Crippen molar-refractivity contribution in [2.75, 3.05) is 37.6 Å². The molecule has 0 unspecified atom stereocenters. The first-order valence-corrected chi connectivity index (χ1v) is 12.1. The summed E-state index contributed by atoms with van der Waals surface area (Å²) in [5.74, 6) is 0.603. The number of aromatic carboxylic acids is 1. The summed E-state index contributed by atoms with van der Waals surface area (Å²) in [6, 6.07) is 11.1. The Morgan fingerprint density at radius 1 is 1.00 bits per heavy atom. The molecule has 0 aliphatic carbocycles. The summed E-state index contributed by atoms with van der Waals surface area (Å²) >= 11 is 12.1. The van der Waals surface area contributed by atoms with Crippen molar-refractivity contribution in [3.63, 3.8) is 0 Å². The average Bonchev–Trinajstić information content (AvgIpc) is 2.78. The first-order chi connectivity index (χ1) is 15.4. The van der Waals surface area contributed by atoms with E-state index in [2.05, 4.69) is 15.9 Å². The van der Waals surface area contributed by atoms with Crippen LogP contribution >= 0.6 is 23.2 Å². The number of carboxylic acids is 1. The minimum atomic E-state index is -0.864. The average molecular weight is 477 g/mol. The lowest BCUT2D eigenvalue weighted by molar-refractivity contribution is 0.0696.